The third kappa shape index (κ3) is 4.91. The number of rotatable bonds is 6. The van der Waals surface area contributed by atoms with E-state index in [-0.39, 0.29) is 17.2 Å². The minimum absolute atomic E-state index is 0.0285. The maximum absolute atomic E-state index is 11.9. The van der Waals surface area contributed by atoms with Gasteiger partial charge in [0.15, 0.2) is 29.0 Å². The lowest BCUT2D eigenvalue weighted by molar-refractivity contribution is -0.153. The SMILES string of the molecule is CC(C)C[Si](C)(C)OC1NC(=O)C1O[Si](C)(C)C(C)(C)C. The zero-order chi connectivity index (χ0) is 16.6. The average molecular weight is 332 g/mol. The summed E-state index contributed by atoms with van der Waals surface area (Å²) in [5.74, 6) is 0.585. The number of carbonyl (C=O) groups excluding carboxylic acids is 1. The summed E-state index contributed by atoms with van der Waals surface area (Å²) in [4.78, 5) is 11.9. The second kappa shape index (κ2) is 6.14. The Bertz CT molecular complexity index is 389. The summed E-state index contributed by atoms with van der Waals surface area (Å²) in [5, 5.41) is 2.96. The highest BCUT2D eigenvalue weighted by Crippen LogP contribution is 2.38. The van der Waals surface area contributed by atoms with Crippen LogP contribution in [0.25, 0.3) is 0 Å². The first-order chi connectivity index (χ1) is 9.25. The van der Waals surface area contributed by atoms with E-state index in [9.17, 15) is 4.79 Å². The molecule has 0 saturated carbocycles. The van der Waals surface area contributed by atoms with Crippen LogP contribution in [0.3, 0.4) is 0 Å². The minimum Gasteiger partial charge on any atom is -0.402 e. The monoisotopic (exact) mass is 331 g/mol. The predicted octanol–water partition coefficient (Wildman–Crippen LogP) is 3.71. The van der Waals surface area contributed by atoms with E-state index in [1.54, 1.807) is 0 Å². The molecule has 1 amide bonds. The quantitative estimate of drug-likeness (QED) is 0.596. The summed E-state index contributed by atoms with van der Waals surface area (Å²) in [5.41, 5.74) is 0. The fourth-order valence-corrected chi connectivity index (χ4v) is 6.57. The summed E-state index contributed by atoms with van der Waals surface area (Å²) in [6, 6.07) is 1.09. The van der Waals surface area contributed by atoms with E-state index >= 15 is 0 Å². The third-order valence-corrected chi connectivity index (χ3v) is 11.5. The predicted molar refractivity (Wildman–Crippen MR) is 92.2 cm³/mol. The molecule has 4 nitrogen and oxygen atoms in total. The normalized spacial score (nSPS) is 24.0. The molecule has 1 saturated heterocycles. The van der Waals surface area contributed by atoms with Gasteiger partial charge in [-0.15, -0.1) is 0 Å². The molecule has 2 atom stereocenters. The molecule has 2 unspecified atom stereocenters. The first kappa shape index (κ1) is 18.9. The van der Waals surface area contributed by atoms with Crippen molar-refractivity contribution in [3.63, 3.8) is 0 Å². The van der Waals surface area contributed by atoms with Crippen LogP contribution in [0.1, 0.15) is 34.6 Å². The third-order valence-electron chi connectivity index (χ3n) is 4.39. The number of hydrogen-bond donors (Lipinski definition) is 1. The van der Waals surface area contributed by atoms with Crippen LogP contribution in [-0.2, 0) is 13.6 Å². The van der Waals surface area contributed by atoms with Crippen LogP contribution in [0.5, 0.6) is 0 Å². The molecule has 1 aliphatic heterocycles. The molecule has 124 valence electrons. The molecule has 1 heterocycles. The molecule has 1 aliphatic rings. The summed E-state index contributed by atoms with van der Waals surface area (Å²) in [7, 11) is -3.73. The van der Waals surface area contributed by atoms with Gasteiger partial charge in [-0.05, 0) is 43.2 Å². The van der Waals surface area contributed by atoms with Crippen LogP contribution in [0.2, 0.25) is 37.3 Å². The summed E-state index contributed by atoms with van der Waals surface area (Å²) in [6.45, 7) is 19.7. The van der Waals surface area contributed by atoms with Crippen LogP contribution < -0.4 is 5.32 Å². The van der Waals surface area contributed by atoms with Gasteiger partial charge in [-0.3, -0.25) is 4.79 Å². The van der Waals surface area contributed by atoms with Crippen molar-refractivity contribution in [2.75, 3.05) is 0 Å². The van der Waals surface area contributed by atoms with E-state index in [1.165, 1.54) is 0 Å². The smallest absolute Gasteiger partial charge is 0.254 e. The number of carbonyl (C=O) groups is 1. The first-order valence-corrected chi connectivity index (χ1v) is 13.9. The van der Waals surface area contributed by atoms with Crippen molar-refractivity contribution in [2.24, 2.45) is 5.92 Å². The highest BCUT2D eigenvalue weighted by atomic mass is 28.4. The van der Waals surface area contributed by atoms with Crippen molar-refractivity contribution in [1.82, 2.24) is 5.32 Å². The number of β-lactam (4-membered cyclic amide) rings is 1. The molecule has 0 bridgehead atoms. The van der Waals surface area contributed by atoms with E-state index < -0.39 is 22.7 Å². The van der Waals surface area contributed by atoms with Gasteiger partial charge in [0.05, 0.1) is 0 Å². The van der Waals surface area contributed by atoms with Crippen molar-refractivity contribution >= 4 is 22.5 Å². The van der Waals surface area contributed by atoms with Crippen LogP contribution in [0, 0.1) is 5.92 Å². The van der Waals surface area contributed by atoms with Gasteiger partial charge in [0, 0.05) is 0 Å². The molecule has 0 aromatic carbocycles. The van der Waals surface area contributed by atoms with E-state index in [4.69, 9.17) is 8.85 Å². The van der Waals surface area contributed by atoms with Crippen LogP contribution >= 0.6 is 0 Å². The van der Waals surface area contributed by atoms with Crippen molar-refractivity contribution < 1.29 is 13.6 Å². The molecule has 0 spiro atoms. The van der Waals surface area contributed by atoms with Crippen molar-refractivity contribution in [3.8, 4) is 0 Å². The first-order valence-electron chi connectivity index (χ1n) is 7.91. The Morgan fingerprint density at radius 1 is 1.14 bits per heavy atom. The second-order valence-corrected chi connectivity index (χ2v) is 17.6. The van der Waals surface area contributed by atoms with Gasteiger partial charge >= 0.3 is 0 Å². The maximum atomic E-state index is 11.9. The number of nitrogens with one attached hydrogen (secondary N) is 1. The molecule has 1 fully saturated rings. The van der Waals surface area contributed by atoms with E-state index in [1.807, 2.05) is 0 Å². The van der Waals surface area contributed by atoms with Gasteiger partial charge < -0.3 is 14.2 Å². The Morgan fingerprint density at radius 2 is 1.67 bits per heavy atom. The summed E-state index contributed by atoms with van der Waals surface area (Å²) >= 11 is 0. The van der Waals surface area contributed by atoms with Crippen LogP contribution in [0.15, 0.2) is 0 Å². The Hall–Kier alpha value is -0.176. The van der Waals surface area contributed by atoms with E-state index in [0.29, 0.717) is 5.92 Å². The van der Waals surface area contributed by atoms with Crippen LogP contribution in [-0.4, -0.2) is 34.9 Å². The van der Waals surface area contributed by atoms with Gasteiger partial charge in [0.1, 0.15) is 0 Å². The number of amides is 1. The van der Waals surface area contributed by atoms with E-state index in [0.717, 1.165) is 6.04 Å². The molecular formula is C15H33NO3Si2. The lowest BCUT2D eigenvalue weighted by atomic mass is 10.2. The Kier molecular flexibility index (Phi) is 5.52. The fraction of sp³-hybridized carbons (Fsp3) is 0.933. The molecule has 6 heteroatoms. The van der Waals surface area contributed by atoms with Crippen molar-refractivity contribution in [2.45, 2.75) is 84.2 Å². The highest BCUT2D eigenvalue weighted by molar-refractivity contribution is 6.74. The molecule has 0 radical (unpaired) electrons. The summed E-state index contributed by atoms with van der Waals surface area (Å²) in [6.07, 6.45) is -0.683. The fourth-order valence-electron chi connectivity index (χ4n) is 2.42. The van der Waals surface area contributed by atoms with Gasteiger partial charge in [0.25, 0.3) is 5.91 Å². The zero-order valence-electron chi connectivity index (χ0n) is 15.2. The van der Waals surface area contributed by atoms with Gasteiger partial charge in [0.2, 0.25) is 0 Å². The molecule has 0 aromatic heterocycles. The molecule has 0 aliphatic carbocycles. The van der Waals surface area contributed by atoms with Crippen molar-refractivity contribution in [1.29, 1.82) is 0 Å². The Morgan fingerprint density at radius 3 is 2.05 bits per heavy atom. The second-order valence-electron chi connectivity index (χ2n) is 8.70. The van der Waals surface area contributed by atoms with Gasteiger partial charge in [-0.1, -0.05) is 34.6 Å². The Balaban J connectivity index is 2.69. The molecule has 21 heavy (non-hydrogen) atoms. The lowest BCUT2D eigenvalue weighted by Crippen LogP contribution is -2.69. The van der Waals surface area contributed by atoms with Crippen LogP contribution in [0.4, 0.5) is 0 Å². The lowest BCUT2D eigenvalue weighted by Gasteiger charge is -2.46. The zero-order valence-corrected chi connectivity index (χ0v) is 17.2. The van der Waals surface area contributed by atoms with Crippen molar-refractivity contribution in [3.05, 3.63) is 0 Å². The molecule has 1 N–H and O–H groups in total. The van der Waals surface area contributed by atoms with Gasteiger partial charge in [-0.25, -0.2) is 0 Å². The molecule has 1 rings (SSSR count). The van der Waals surface area contributed by atoms with Gasteiger partial charge in [-0.2, -0.15) is 0 Å². The molecule has 0 aromatic rings. The average Bonchev–Trinajstić information content (AvgIpc) is 2.22. The minimum atomic E-state index is -1.95. The largest absolute Gasteiger partial charge is 0.402 e. The van der Waals surface area contributed by atoms with E-state index in [2.05, 4.69) is 66.1 Å². The topological polar surface area (TPSA) is 47.6 Å². The highest BCUT2D eigenvalue weighted by Gasteiger charge is 2.49. The maximum Gasteiger partial charge on any atom is 0.254 e. The Labute approximate surface area is 132 Å². The molecular weight excluding hydrogens is 298 g/mol. The summed E-state index contributed by atoms with van der Waals surface area (Å²) < 4.78 is 12.5. The standard InChI is InChI=1S/C15H33NO3Si2/c1-11(2)10-20(6,7)19-14-12(13(17)16-14)18-21(8,9)15(3,4)5/h11-12,14H,10H2,1-9H3,(H,16,17). The number of hydrogen-bond acceptors (Lipinski definition) is 3.